The zero-order valence-corrected chi connectivity index (χ0v) is 29.2. The van der Waals surface area contributed by atoms with Crippen LogP contribution < -0.4 is 16.4 Å². The zero-order valence-electron chi connectivity index (χ0n) is 29.2. The van der Waals surface area contributed by atoms with Gasteiger partial charge in [0.05, 0.1) is 22.4 Å². The Morgan fingerprint density at radius 3 is 1.56 bits per heavy atom. The first-order chi connectivity index (χ1) is 26.2. The van der Waals surface area contributed by atoms with Gasteiger partial charge in [-0.2, -0.15) is 0 Å². The number of nitrogens with one attached hydrogen (secondary N) is 2. The number of aryl methyl sites for hydroxylation is 2. The Hall–Kier alpha value is -7.35. The monoisotopic (exact) mass is 719 g/mol. The molecule has 0 spiro atoms. The van der Waals surface area contributed by atoms with Crippen LogP contribution in [0.25, 0.3) is 66.6 Å². The highest BCUT2D eigenvalue weighted by molar-refractivity contribution is 5.92. The van der Waals surface area contributed by atoms with E-state index in [1.807, 2.05) is 50.2 Å². The Balaban J connectivity index is 0.000000168. The summed E-state index contributed by atoms with van der Waals surface area (Å²) in [5, 5.41) is 6.90. The van der Waals surface area contributed by atoms with Crippen LogP contribution in [0.15, 0.2) is 110 Å². The number of amides is 2. The van der Waals surface area contributed by atoms with Gasteiger partial charge in [0.15, 0.2) is 0 Å². The van der Waals surface area contributed by atoms with Gasteiger partial charge in [-0.15, -0.1) is 0 Å². The van der Waals surface area contributed by atoms with Gasteiger partial charge in [-0.25, -0.2) is 53.4 Å². The maximum atomic E-state index is 13.4. The zero-order chi connectivity index (χ0) is 37.8. The number of nitrogen functional groups attached to an aromatic ring is 1. The molecular weight excluding hydrogens is 689 g/mol. The number of nitrogens with zero attached hydrogens (tertiary/aromatic N) is 8. The molecule has 8 aromatic rings. The third-order valence-electron chi connectivity index (χ3n) is 8.57. The van der Waals surface area contributed by atoms with Crippen molar-refractivity contribution in [1.29, 1.82) is 0 Å². The first-order valence-electron chi connectivity index (χ1n) is 16.6. The molecule has 0 saturated heterocycles. The quantitative estimate of drug-likeness (QED) is 0.160. The third-order valence-corrected chi connectivity index (χ3v) is 8.57. The number of carbonyl (C=O) groups excluding carboxylic acids is 1. The third kappa shape index (κ3) is 7.48. The first kappa shape index (κ1) is 35.1. The van der Waals surface area contributed by atoms with E-state index in [2.05, 4.69) is 50.5 Å². The van der Waals surface area contributed by atoms with Gasteiger partial charge < -0.3 is 11.1 Å². The van der Waals surface area contributed by atoms with Crippen molar-refractivity contribution in [2.75, 3.05) is 18.1 Å². The minimum Gasteiger partial charge on any atom is -0.368 e. The molecule has 0 radical (unpaired) electrons. The van der Waals surface area contributed by atoms with Crippen LogP contribution in [-0.2, 0) is 0 Å². The molecule has 4 aromatic carbocycles. The molecule has 0 atom stereocenters. The van der Waals surface area contributed by atoms with E-state index in [1.54, 1.807) is 43.0 Å². The van der Waals surface area contributed by atoms with Gasteiger partial charge in [-0.05, 0) is 97.8 Å². The smallest absolute Gasteiger partial charge is 0.321 e. The number of carbonyl (C=O) groups is 1. The predicted molar refractivity (Wildman–Crippen MR) is 204 cm³/mol. The molecule has 0 aliphatic heterocycles. The van der Waals surface area contributed by atoms with E-state index in [9.17, 15) is 13.6 Å². The Morgan fingerprint density at radius 2 is 1.06 bits per heavy atom. The molecule has 0 saturated carbocycles. The fourth-order valence-electron chi connectivity index (χ4n) is 5.79. The van der Waals surface area contributed by atoms with Crippen LogP contribution in [0.3, 0.4) is 0 Å². The van der Waals surface area contributed by atoms with Crippen molar-refractivity contribution in [1.82, 2.24) is 45.2 Å². The van der Waals surface area contributed by atoms with Crippen LogP contribution in [0.1, 0.15) is 11.4 Å². The van der Waals surface area contributed by atoms with Gasteiger partial charge >= 0.3 is 6.03 Å². The van der Waals surface area contributed by atoms with Gasteiger partial charge in [0, 0.05) is 63.9 Å². The SMILES string of the molecule is CNC(=O)Nc1ncc(-c2ccc3ncnc(C)c3c2)c(-c2ccc(F)cc2)n1.Cc1ncnc2ccc(-c3cnc(N)nc3-c3ccc(F)cc3)cc12. The Bertz CT molecular complexity index is 2660. The van der Waals surface area contributed by atoms with E-state index < -0.39 is 6.03 Å². The average Bonchev–Trinajstić information content (AvgIpc) is 3.19. The molecular formula is C40H31F2N11O. The summed E-state index contributed by atoms with van der Waals surface area (Å²) >= 11 is 0. The van der Waals surface area contributed by atoms with Crippen molar-refractivity contribution < 1.29 is 13.6 Å². The van der Waals surface area contributed by atoms with E-state index in [0.717, 1.165) is 61.0 Å². The normalized spacial score (nSPS) is 10.8. The number of hydrogen-bond acceptors (Lipinski definition) is 10. The lowest BCUT2D eigenvalue weighted by Crippen LogP contribution is -2.25. The van der Waals surface area contributed by atoms with Gasteiger partial charge in [0.2, 0.25) is 11.9 Å². The number of rotatable bonds is 5. The highest BCUT2D eigenvalue weighted by Gasteiger charge is 2.15. The maximum absolute atomic E-state index is 13.4. The largest absolute Gasteiger partial charge is 0.368 e. The van der Waals surface area contributed by atoms with Gasteiger partial charge in [0.1, 0.15) is 24.3 Å². The second-order valence-electron chi connectivity index (χ2n) is 12.0. The lowest BCUT2D eigenvalue weighted by molar-refractivity contribution is 0.254. The summed E-state index contributed by atoms with van der Waals surface area (Å²) in [4.78, 5) is 46.0. The standard InChI is InChI=1S/C21H17FN6O.C19H14FN5/c1-12-16-9-14(5-8-18(16)26-11-25-12)17-10-24-20(28-21(29)23-2)27-19(17)13-3-6-15(22)7-4-13;1-11-15-8-13(4-7-17(15)24-10-23-11)16-9-22-19(21)25-18(16)12-2-5-14(20)6-3-12/h3-11H,1-2H3,(H2,23,24,27,28,29);2-10H,1H3,(H2,21,22,25). The number of benzene rings is 4. The van der Waals surface area contributed by atoms with Crippen LogP contribution in [-0.4, -0.2) is 53.0 Å². The van der Waals surface area contributed by atoms with Crippen LogP contribution in [0.5, 0.6) is 0 Å². The Morgan fingerprint density at radius 1 is 0.593 bits per heavy atom. The van der Waals surface area contributed by atoms with Gasteiger partial charge in [-0.3, -0.25) is 5.32 Å². The molecule has 0 fully saturated rings. The van der Waals surface area contributed by atoms with Crippen LogP contribution in [0.2, 0.25) is 0 Å². The number of aromatic nitrogens is 8. The lowest BCUT2D eigenvalue weighted by Gasteiger charge is -2.12. The van der Waals surface area contributed by atoms with Crippen molar-refractivity contribution in [3.8, 4) is 44.8 Å². The number of urea groups is 1. The number of halogens is 2. The highest BCUT2D eigenvalue weighted by atomic mass is 19.1. The molecule has 0 unspecified atom stereocenters. The summed E-state index contributed by atoms with van der Waals surface area (Å²) in [5.41, 5.74) is 15.3. The summed E-state index contributed by atoms with van der Waals surface area (Å²) in [6.45, 7) is 3.86. The van der Waals surface area contributed by atoms with E-state index in [-0.39, 0.29) is 23.5 Å². The van der Waals surface area contributed by atoms with Gasteiger partial charge in [-0.1, -0.05) is 12.1 Å². The average molecular weight is 720 g/mol. The minimum atomic E-state index is -0.429. The second-order valence-corrected chi connectivity index (χ2v) is 12.0. The summed E-state index contributed by atoms with van der Waals surface area (Å²) < 4.78 is 26.7. The predicted octanol–water partition coefficient (Wildman–Crippen LogP) is 7.74. The molecule has 0 bridgehead atoms. The molecule has 4 heterocycles. The molecule has 4 N–H and O–H groups in total. The lowest BCUT2D eigenvalue weighted by atomic mass is 9.99. The van der Waals surface area contributed by atoms with Crippen molar-refractivity contribution in [2.24, 2.45) is 0 Å². The summed E-state index contributed by atoms with van der Waals surface area (Å²) in [7, 11) is 1.50. The van der Waals surface area contributed by atoms with E-state index in [0.29, 0.717) is 17.0 Å². The minimum absolute atomic E-state index is 0.146. The summed E-state index contributed by atoms with van der Waals surface area (Å²) in [6, 6.07) is 23.4. The number of anilines is 2. The molecule has 54 heavy (non-hydrogen) atoms. The fraction of sp³-hybridized carbons (Fsp3) is 0.0750. The van der Waals surface area contributed by atoms with E-state index in [4.69, 9.17) is 5.73 Å². The molecule has 14 heteroatoms. The van der Waals surface area contributed by atoms with Crippen molar-refractivity contribution in [3.05, 3.63) is 133 Å². The number of nitrogens with two attached hydrogens (primary N) is 1. The second kappa shape index (κ2) is 15.1. The summed E-state index contributed by atoms with van der Waals surface area (Å²) in [5.74, 6) is -0.326. The molecule has 12 nitrogen and oxygen atoms in total. The molecule has 0 aliphatic rings. The van der Waals surface area contributed by atoms with Crippen molar-refractivity contribution >= 4 is 39.7 Å². The van der Waals surface area contributed by atoms with Crippen LogP contribution in [0, 0.1) is 25.5 Å². The van der Waals surface area contributed by atoms with Gasteiger partial charge in [0.25, 0.3) is 0 Å². The van der Waals surface area contributed by atoms with Crippen LogP contribution in [0.4, 0.5) is 25.5 Å². The molecule has 2 amide bonds. The fourth-order valence-corrected chi connectivity index (χ4v) is 5.79. The number of hydrogen-bond donors (Lipinski definition) is 3. The summed E-state index contributed by atoms with van der Waals surface area (Å²) in [6.07, 6.45) is 6.40. The topological polar surface area (TPSA) is 170 Å². The van der Waals surface area contributed by atoms with Crippen molar-refractivity contribution in [3.63, 3.8) is 0 Å². The molecule has 4 aromatic heterocycles. The number of fused-ring (bicyclic) bond motifs is 2. The highest BCUT2D eigenvalue weighted by Crippen LogP contribution is 2.34. The molecule has 266 valence electrons. The van der Waals surface area contributed by atoms with E-state index >= 15 is 0 Å². The van der Waals surface area contributed by atoms with Crippen molar-refractivity contribution in [2.45, 2.75) is 13.8 Å². The Labute approximate surface area is 307 Å². The van der Waals surface area contributed by atoms with E-state index in [1.165, 1.54) is 37.6 Å². The molecule has 0 aliphatic carbocycles. The van der Waals surface area contributed by atoms with Crippen LogP contribution >= 0.6 is 0 Å². The Kier molecular flexibility index (Phi) is 9.80. The maximum Gasteiger partial charge on any atom is 0.321 e. The first-order valence-corrected chi connectivity index (χ1v) is 16.6. The molecule has 8 rings (SSSR count).